The molecule has 0 bridgehead atoms. The highest BCUT2D eigenvalue weighted by Crippen LogP contribution is 2.18. The van der Waals surface area contributed by atoms with Gasteiger partial charge >= 0.3 is 11.9 Å². The fourth-order valence-corrected chi connectivity index (χ4v) is 2.99. The molecular weight excluding hydrogens is 302 g/mol. The second-order valence-corrected chi connectivity index (χ2v) is 5.72. The van der Waals surface area contributed by atoms with Crippen molar-refractivity contribution in [3.8, 4) is 0 Å². The molecule has 0 spiro atoms. The number of likely N-dealkylation sites (N-methyl/N-ethyl adjacent to an activating group) is 1. The van der Waals surface area contributed by atoms with Crippen LogP contribution in [0.2, 0.25) is 0 Å². The van der Waals surface area contributed by atoms with E-state index in [0.717, 1.165) is 17.6 Å². The number of hydrogen-bond acceptors (Lipinski definition) is 7. The zero-order valence-corrected chi connectivity index (χ0v) is 12.8. The third-order valence-corrected chi connectivity index (χ3v) is 4.48. The highest BCUT2D eigenvalue weighted by molar-refractivity contribution is 7.89. The first-order valence-corrected chi connectivity index (χ1v) is 7.59. The van der Waals surface area contributed by atoms with Crippen molar-refractivity contribution in [2.24, 2.45) is 0 Å². The van der Waals surface area contributed by atoms with Gasteiger partial charge in [-0.2, -0.15) is 9.40 Å². The summed E-state index contributed by atoms with van der Waals surface area (Å²) in [5.41, 5.74) is -0.208. The number of nitrogens with one attached hydrogen (secondary N) is 1. The van der Waals surface area contributed by atoms with E-state index in [2.05, 4.69) is 14.9 Å². The number of H-pyrrole nitrogens is 1. The molecule has 0 aliphatic heterocycles. The van der Waals surface area contributed by atoms with Gasteiger partial charge in [0, 0.05) is 6.54 Å². The van der Waals surface area contributed by atoms with Crippen LogP contribution in [0.5, 0.6) is 0 Å². The number of esters is 2. The first-order valence-electron chi connectivity index (χ1n) is 6.15. The molecule has 1 rings (SSSR count). The van der Waals surface area contributed by atoms with Crippen molar-refractivity contribution in [1.82, 2.24) is 14.5 Å². The molecule has 0 amide bonds. The van der Waals surface area contributed by atoms with Crippen molar-refractivity contribution in [3.63, 3.8) is 0 Å². The fraction of sp³-hybridized carbons (Fsp3) is 0.545. The zero-order valence-electron chi connectivity index (χ0n) is 12.0. The smallest absolute Gasteiger partial charge is 0.342 e. The maximum atomic E-state index is 12.4. The number of carbonyl (C=O) groups excluding carboxylic acids is 2. The Morgan fingerprint density at radius 1 is 1.38 bits per heavy atom. The number of aromatic nitrogens is 2. The number of sulfonamides is 1. The minimum Gasteiger partial charge on any atom is -0.468 e. The summed E-state index contributed by atoms with van der Waals surface area (Å²) in [6.07, 6.45) is 1.07. The van der Waals surface area contributed by atoms with E-state index in [9.17, 15) is 18.0 Å². The van der Waals surface area contributed by atoms with Crippen LogP contribution in [-0.4, -0.2) is 61.7 Å². The van der Waals surface area contributed by atoms with Gasteiger partial charge in [-0.05, 0) is 6.92 Å². The molecule has 1 N–H and O–H groups in total. The molecule has 0 atom stereocenters. The van der Waals surface area contributed by atoms with Crippen LogP contribution in [0.1, 0.15) is 24.2 Å². The first-order chi connectivity index (χ1) is 9.88. The SMILES string of the molecule is CCOC(=O)c1cn[nH]c1S(=O)(=O)N(CC)CC(=O)OC. The number of aromatic amines is 1. The van der Waals surface area contributed by atoms with Gasteiger partial charge in [-0.3, -0.25) is 9.89 Å². The lowest BCUT2D eigenvalue weighted by Gasteiger charge is -2.18. The Hall–Kier alpha value is -1.94. The Balaban J connectivity index is 3.15. The molecule has 118 valence electrons. The van der Waals surface area contributed by atoms with E-state index in [1.807, 2.05) is 0 Å². The zero-order chi connectivity index (χ0) is 16.0. The van der Waals surface area contributed by atoms with Gasteiger partial charge in [0.1, 0.15) is 12.1 Å². The number of methoxy groups -OCH3 is 1. The summed E-state index contributed by atoms with van der Waals surface area (Å²) in [6.45, 7) is 2.82. The third-order valence-electron chi connectivity index (χ3n) is 2.58. The van der Waals surface area contributed by atoms with Gasteiger partial charge in [-0.25, -0.2) is 13.2 Å². The number of rotatable bonds is 7. The molecule has 10 heteroatoms. The molecular formula is C11H17N3O6S. The molecule has 1 heterocycles. The van der Waals surface area contributed by atoms with Crippen molar-refractivity contribution in [3.05, 3.63) is 11.8 Å². The van der Waals surface area contributed by atoms with E-state index in [1.165, 1.54) is 0 Å². The maximum absolute atomic E-state index is 12.4. The number of carbonyl (C=O) groups is 2. The molecule has 1 aromatic rings. The van der Waals surface area contributed by atoms with Crippen LogP contribution >= 0.6 is 0 Å². The second-order valence-electron chi connectivity index (χ2n) is 3.84. The quantitative estimate of drug-likeness (QED) is 0.689. The van der Waals surface area contributed by atoms with Crippen molar-refractivity contribution in [2.45, 2.75) is 18.9 Å². The standard InChI is InChI=1S/C11H17N3O6S/c1-4-14(7-9(15)19-3)21(17,18)10-8(6-12-13-10)11(16)20-5-2/h6H,4-5,7H2,1-3H3,(H,12,13). The van der Waals surface area contributed by atoms with Gasteiger partial charge in [0.15, 0.2) is 5.03 Å². The molecule has 0 aliphatic rings. The number of nitrogens with zero attached hydrogens (tertiary/aromatic N) is 2. The van der Waals surface area contributed by atoms with Crippen LogP contribution < -0.4 is 0 Å². The highest BCUT2D eigenvalue weighted by atomic mass is 32.2. The van der Waals surface area contributed by atoms with E-state index in [-0.39, 0.29) is 18.7 Å². The van der Waals surface area contributed by atoms with E-state index in [1.54, 1.807) is 13.8 Å². The van der Waals surface area contributed by atoms with E-state index in [4.69, 9.17) is 4.74 Å². The van der Waals surface area contributed by atoms with Crippen molar-refractivity contribution in [1.29, 1.82) is 0 Å². The monoisotopic (exact) mass is 319 g/mol. The van der Waals surface area contributed by atoms with E-state index >= 15 is 0 Å². The molecule has 0 aromatic carbocycles. The molecule has 0 unspecified atom stereocenters. The predicted octanol–water partition coefficient (Wildman–Crippen LogP) is -0.230. The van der Waals surface area contributed by atoms with Crippen LogP contribution in [0.4, 0.5) is 0 Å². The van der Waals surface area contributed by atoms with Crippen molar-refractivity contribution in [2.75, 3.05) is 26.8 Å². The predicted molar refractivity (Wildman–Crippen MR) is 71.0 cm³/mol. The average molecular weight is 319 g/mol. The minimum absolute atomic E-state index is 0.0265. The summed E-state index contributed by atoms with van der Waals surface area (Å²) >= 11 is 0. The van der Waals surface area contributed by atoms with Crippen LogP contribution in [0.3, 0.4) is 0 Å². The lowest BCUT2D eigenvalue weighted by molar-refractivity contribution is -0.140. The molecule has 0 saturated carbocycles. The number of hydrogen-bond donors (Lipinski definition) is 1. The molecule has 9 nitrogen and oxygen atoms in total. The maximum Gasteiger partial charge on any atom is 0.342 e. The van der Waals surface area contributed by atoms with Gasteiger partial charge in [-0.15, -0.1) is 0 Å². The van der Waals surface area contributed by atoms with Gasteiger partial charge in [0.2, 0.25) is 0 Å². The van der Waals surface area contributed by atoms with Gasteiger partial charge < -0.3 is 9.47 Å². The minimum atomic E-state index is -4.09. The van der Waals surface area contributed by atoms with Crippen molar-refractivity contribution < 1.29 is 27.5 Å². The topological polar surface area (TPSA) is 119 Å². The molecule has 1 aromatic heterocycles. The summed E-state index contributed by atoms with van der Waals surface area (Å²) in [5.74, 6) is -1.52. The Bertz CT molecular complexity index is 609. The Labute approximate surface area is 122 Å². The number of ether oxygens (including phenoxy) is 2. The molecule has 0 saturated heterocycles. The average Bonchev–Trinajstić information content (AvgIpc) is 2.94. The highest BCUT2D eigenvalue weighted by Gasteiger charge is 2.32. The van der Waals surface area contributed by atoms with Crippen LogP contribution in [-0.2, 0) is 24.3 Å². The lowest BCUT2D eigenvalue weighted by atomic mass is 10.4. The van der Waals surface area contributed by atoms with Crippen molar-refractivity contribution >= 4 is 22.0 Å². The Kier molecular flexibility index (Phi) is 5.85. The van der Waals surface area contributed by atoms with Crippen LogP contribution in [0.25, 0.3) is 0 Å². The van der Waals surface area contributed by atoms with Gasteiger partial charge in [0.05, 0.1) is 19.9 Å². The van der Waals surface area contributed by atoms with Crippen LogP contribution in [0, 0.1) is 0 Å². The fourth-order valence-electron chi connectivity index (χ4n) is 1.53. The lowest BCUT2D eigenvalue weighted by Crippen LogP contribution is -2.36. The van der Waals surface area contributed by atoms with Gasteiger partial charge in [0.25, 0.3) is 10.0 Å². The summed E-state index contributed by atoms with van der Waals surface area (Å²) in [6, 6.07) is 0. The molecule has 21 heavy (non-hydrogen) atoms. The molecule has 0 aliphatic carbocycles. The third kappa shape index (κ3) is 3.79. The molecule has 0 fully saturated rings. The first kappa shape index (κ1) is 17.1. The normalized spacial score (nSPS) is 11.4. The molecule has 0 radical (unpaired) electrons. The van der Waals surface area contributed by atoms with Gasteiger partial charge in [-0.1, -0.05) is 6.92 Å². The Morgan fingerprint density at radius 3 is 2.57 bits per heavy atom. The largest absolute Gasteiger partial charge is 0.468 e. The summed E-state index contributed by atoms with van der Waals surface area (Å²) in [7, 11) is -2.94. The summed E-state index contributed by atoms with van der Waals surface area (Å²) < 4.78 is 35.0. The van der Waals surface area contributed by atoms with E-state index < -0.39 is 33.5 Å². The summed E-state index contributed by atoms with van der Waals surface area (Å²) in [5, 5.41) is 5.41. The summed E-state index contributed by atoms with van der Waals surface area (Å²) in [4.78, 5) is 23.0. The van der Waals surface area contributed by atoms with E-state index in [0.29, 0.717) is 0 Å². The van der Waals surface area contributed by atoms with Crippen LogP contribution in [0.15, 0.2) is 11.2 Å². The second kappa shape index (κ2) is 7.18. The Morgan fingerprint density at radius 2 is 2.05 bits per heavy atom.